The molecule has 0 spiro atoms. The zero-order chi connectivity index (χ0) is 11.5. The second-order valence-electron chi connectivity index (χ2n) is 2.94. The van der Waals surface area contributed by atoms with Crippen molar-refractivity contribution in [2.75, 3.05) is 11.1 Å². The van der Waals surface area contributed by atoms with Gasteiger partial charge in [0.05, 0.1) is 0 Å². The Morgan fingerprint density at radius 3 is 2.56 bits per heavy atom. The number of carbonyl (C=O) groups is 1. The Morgan fingerprint density at radius 2 is 2.00 bits per heavy atom. The van der Waals surface area contributed by atoms with E-state index < -0.39 is 5.26 Å². The first-order valence-corrected chi connectivity index (χ1v) is 5.13. The summed E-state index contributed by atoms with van der Waals surface area (Å²) < 4.78 is 12.5. The molecule has 0 bridgehead atoms. The van der Waals surface area contributed by atoms with Crippen LogP contribution in [0, 0.1) is 5.26 Å². The molecule has 2 rings (SSSR count). The van der Waals surface area contributed by atoms with Crippen LogP contribution in [0.2, 0.25) is 0 Å². The van der Waals surface area contributed by atoms with Crippen LogP contribution in [0.25, 0.3) is 0 Å². The molecular weight excluding hydrogens is 231 g/mol. The summed E-state index contributed by atoms with van der Waals surface area (Å²) in [4.78, 5) is 11.6. The standard InChI is InChI=1S/C9H7FN4OS/c10-8-13-14-9(16-8)12-7(15)5-1-3-6(11)4-2-5/h1-4H,11H2,(H,12,14,15). The maximum atomic E-state index is 12.5. The van der Waals surface area contributed by atoms with Gasteiger partial charge in [-0.25, -0.2) is 0 Å². The van der Waals surface area contributed by atoms with Crippen LogP contribution in [0.15, 0.2) is 24.3 Å². The highest BCUT2D eigenvalue weighted by atomic mass is 32.1. The van der Waals surface area contributed by atoms with E-state index in [9.17, 15) is 9.18 Å². The molecule has 3 N–H and O–H groups in total. The van der Waals surface area contributed by atoms with Gasteiger partial charge < -0.3 is 5.73 Å². The van der Waals surface area contributed by atoms with Crippen LogP contribution in [0.5, 0.6) is 0 Å². The van der Waals surface area contributed by atoms with Crippen LogP contribution in [-0.2, 0) is 0 Å². The first-order valence-electron chi connectivity index (χ1n) is 4.31. The van der Waals surface area contributed by atoms with Gasteiger partial charge in [0.25, 0.3) is 11.2 Å². The summed E-state index contributed by atoms with van der Waals surface area (Å²) in [6.45, 7) is 0. The zero-order valence-corrected chi connectivity index (χ0v) is 8.79. The molecule has 1 amide bonds. The molecule has 0 aliphatic rings. The third-order valence-electron chi connectivity index (χ3n) is 1.79. The maximum absolute atomic E-state index is 12.5. The molecule has 82 valence electrons. The van der Waals surface area contributed by atoms with Gasteiger partial charge in [-0.15, -0.1) is 10.2 Å². The molecule has 7 heteroatoms. The first-order chi connectivity index (χ1) is 7.65. The number of benzene rings is 1. The molecule has 0 saturated carbocycles. The Labute approximate surface area is 94.1 Å². The normalized spacial score (nSPS) is 10.1. The molecular formula is C9H7FN4OS. The average Bonchev–Trinajstić information content (AvgIpc) is 2.65. The molecule has 1 heterocycles. The van der Waals surface area contributed by atoms with Gasteiger partial charge >= 0.3 is 0 Å². The number of halogens is 1. The number of nitrogen functional groups attached to an aromatic ring is 1. The van der Waals surface area contributed by atoms with Crippen LogP contribution in [-0.4, -0.2) is 16.1 Å². The summed E-state index contributed by atoms with van der Waals surface area (Å²) in [6.07, 6.45) is 0. The van der Waals surface area contributed by atoms with Gasteiger partial charge in [-0.3, -0.25) is 10.1 Å². The van der Waals surface area contributed by atoms with Crippen LogP contribution < -0.4 is 11.1 Å². The predicted molar refractivity (Wildman–Crippen MR) is 58.7 cm³/mol. The third kappa shape index (κ3) is 2.31. The second kappa shape index (κ2) is 4.23. The lowest BCUT2D eigenvalue weighted by Crippen LogP contribution is -2.11. The average molecular weight is 238 g/mol. The minimum Gasteiger partial charge on any atom is -0.399 e. The van der Waals surface area contributed by atoms with E-state index >= 15 is 0 Å². The van der Waals surface area contributed by atoms with Crippen molar-refractivity contribution in [3.05, 3.63) is 35.1 Å². The molecule has 0 unspecified atom stereocenters. The van der Waals surface area contributed by atoms with Crippen LogP contribution >= 0.6 is 11.3 Å². The highest BCUT2D eigenvalue weighted by Gasteiger charge is 2.09. The Morgan fingerprint density at radius 1 is 1.31 bits per heavy atom. The van der Waals surface area contributed by atoms with Gasteiger partial charge in [0.1, 0.15) is 0 Å². The lowest BCUT2D eigenvalue weighted by molar-refractivity contribution is 0.102. The van der Waals surface area contributed by atoms with Gasteiger partial charge in [-0.1, -0.05) is 0 Å². The number of nitrogens with zero attached hydrogens (tertiary/aromatic N) is 2. The molecule has 5 nitrogen and oxygen atoms in total. The number of amides is 1. The van der Waals surface area contributed by atoms with E-state index in [1.54, 1.807) is 24.3 Å². The number of carbonyl (C=O) groups excluding carboxylic acids is 1. The molecule has 0 aliphatic carbocycles. The smallest absolute Gasteiger partial charge is 0.291 e. The van der Waals surface area contributed by atoms with Gasteiger partial charge in [0.15, 0.2) is 0 Å². The Hall–Kier alpha value is -2.02. The highest BCUT2D eigenvalue weighted by Crippen LogP contribution is 2.14. The minimum atomic E-state index is -0.687. The van der Waals surface area contributed by atoms with Crippen molar-refractivity contribution >= 4 is 28.1 Å². The van der Waals surface area contributed by atoms with Crippen LogP contribution in [0.4, 0.5) is 15.2 Å². The topological polar surface area (TPSA) is 80.9 Å². The molecule has 1 aromatic carbocycles. The highest BCUT2D eigenvalue weighted by molar-refractivity contribution is 7.13. The van der Waals surface area contributed by atoms with E-state index in [1.807, 2.05) is 0 Å². The molecule has 0 fully saturated rings. The molecule has 0 saturated heterocycles. The monoisotopic (exact) mass is 238 g/mol. The number of nitrogens with one attached hydrogen (secondary N) is 1. The number of hydrogen-bond donors (Lipinski definition) is 2. The van der Waals surface area contributed by atoms with Crippen molar-refractivity contribution in [1.82, 2.24) is 10.2 Å². The maximum Gasteiger partial charge on any atom is 0.291 e. The summed E-state index contributed by atoms with van der Waals surface area (Å²) in [5, 5.41) is 8.44. The summed E-state index contributed by atoms with van der Waals surface area (Å²) in [5.74, 6) is -0.379. The number of rotatable bonds is 2. The fourth-order valence-electron chi connectivity index (χ4n) is 1.06. The number of hydrogen-bond acceptors (Lipinski definition) is 5. The lowest BCUT2D eigenvalue weighted by atomic mass is 10.2. The number of nitrogens with two attached hydrogens (primary N) is 1. The predicted octanol–water partition coefficient (Wildman–Crippen LogP) is 1.51. The molecule has 0 aliphatic heterocycles. The van der Waals surface area contributed by atoms with E-state index in [2.05, 4.69) is 15.5 Å². The summed E-state index contributed by atoms with van der Waals surface area (Å²) in [7, 11) is 0. The Balaban J connectivity index is 2.11. The van der Waals surface area contributed by atoms with E-state index in [1.165, 1.54) is 0 Å². The third-order valence-corrected chi connectivity index (χ3v) is 2.42. The van der Waals surface area contributed by atoms with Crippen molar-refractivity contribution in [3.63, 3.8) is 0 Å². The van der Waals surface area contributed by atoms with E-state index in [0.717, 1.165) is 0 Å². The molecule has 16 heavy (non-hydrogen) atoms. The molecule has 0 radical (unpaired) electrons. The Kier molecular flexibility index (Phi) is 2.78. The lowest BCUT2D eigenvalue weighted by Gasteiger charge is -2.00. The largest absolute Gasteiger partial charge is 0.399 e. The van der Waals surface area contributed by atoms with E-state index in [-0.39, 0.29) is 11.0 Å². The van der Waals surface area contributed by atoms with Gasteiger partial charge in [0, 0.05) is 11.3 Å². The first kappa shape index (κ1) is 10.5. The summed E-state index contributed by atoms with van der Waals surface area (Å²) >= 11 is 0.668. The van der Waals surface area contributed by atoms with Gasteiger partial charge in [-0.2, -0.15) is 4.39 Å². The number of aromatic nitrogens is 2. The quantitative estimate of drug-likeness (QED) is 0.777. The second-order valence-corrected chi connectivity index (χ2v) is 3.86. The molecule has 0 atom stereocenters. The summed E-state index contributed by atoms with van der Waals surface area (Å²) in [6, 6.07) is 6.36. The van der Waals surface area contributed by atoms with Crippen molar-refractivity contribution in [2.24, 2.45) is 0 Å². The fourth-order valence-corrected chi connectivity index (χ4v) is 1.53. The van der Waals surface area contributed by atoms with Crippen molar-refractivity contribution in [3.8, 4) is 0 Å². The summed E-state index contributed by atoms with van der Waals surface area (Å²) in [5.41, 5.74) is 6.47. The Bertz CT molecular complexity index is 510. The molecule has 1 aromatic heterocycles. The van der Waals surface area contributed by atoms with E-state index in [0.29, 0.717) is 22.6 Å². The fraction of sp³-hybridized carbons (Fsp3) is 0. The molecule has 2 aromatic rings. The van der Waals surface area contributed by atoms with Crippen molar-refractivity contribution in [2.45, 2.75) is 0 Å². The van der Waals surface area contributed by atoms with Gasteiger partial charge in [-0.05, 0) is 35.6 Å². The zero-order valence-electron chi connectivity index (χ0n) is 7.98. The van der Waals surface area contributed by atoms with Crippen molar-refractivity contribution < 1.29 is 9.18 Å². The van der Waals surface area contributed by atoms with Gasteiger partial charge in [0.2, 0.25) is 5.13 Å². The SMILES string of the molecule is Nc1ccc(C(=O)Nc2nnc(F)s2)cc1. The number of anilines is 2. The van der Waals surface area contributed by atoms with Crippen LogP contribution in [0.1, 0.15) is 10.4 Å². The minimum absolute atomic E-state index is 0.124. The van der Waals surface area contributed by atoms with Crippen molar-refractivity contribution in [1.29, 1.82) is 0 Å². The van der Waals surface area contributed by atoms with E-state index in [4.69, 9.17) is 5.73 Å². The van der Waals surface area contributed by atoms with Crippen LogP contribution in [0.3, 0.4) is 0 Å².